The monoisotopic (exact) mass is 311 g/mol. The van der Waals surface area contributed by atoms with Gasteiger partial charge in [-0.15, -0.1) is 0 Å². The highest BCUT2D eigenvalue weighted by molar-refractivity contribution is 7.91. The molecule has 1 fully saturated rings. The van der Waals surface area contributed by atoms with E-state index in [1.807, 2.05) is 24.3 Å². The van der Waals surface area contributed by atoms with Crippen molar-refractivity contribution in [2.45, 2.75) is 6.42 Å². The van der Waals surface area contributed by atoms with Gasteiger partial charge in [0.2, 0.25) is 0 Å². The van der Waals surface area contributed by atoms with Crippen LogP contribution in [0, 0.1) is 5.92 Å². The highest BCUT2D eigenvalue weighted by Gasteiger charge is 2.28. The second-order valence-corrected chi connectivity index (χ2v) is 7.66. The van der Waals surface area contributed by atoms with Crippen molar-refractivity contribution in [3.05, 3.63) is 35.5 Å². The minimum Gasteiger partial charge on any atom is -0.491 e. The van der Waals surface area contributed by atoms with Crippen molar-refractivity contribution in [3.8, 4) is 5.75 Å². The number of nitrogens with zero attached hydrogens (tertiary/aromatic N) is 1. The van der Waals surface area contributed by atoms with E-state index >= 15 is 0 Å². The molecule has 1 atom stereocenters. The number of halogens is 1. The van der Waals surface area contributed by atoms with Crippen LogP contribution in [0.15, 0.2) is 30.3 Å². The summed E-state index contributed by atoms with van der Waals surface area (Å²) in [6.45, 7) is 0.395. The molecule has 0 saturated carbocycles. The molecule has 0 spiro atoms. The Morgan fingerprint density at radius 1 is 1.30 bits per heavy atom. The fourth-order valence-electron chi connectivity index (χ4n) is 2.42. The number of sulfone groups is 1. The minimum atomic E-state index is -2.87. The minimum absolute atomic E-state index is 0.0643. The summed E-state index contributed by atoms with van der Waals surface area (Å²) in [7, 11) is -2.87. The summed E-state index contributed by atoms with van der Waals surface area (Å²) in [4.78, 5) is 4.27. The Labute approximate surface area is 122 Å². The molecule has 1 aromatic heterocycles. The molecule has 2 heterocycles. The summed E-state index contributed by atoms with van der Waals surface area (Å²) in [6.07, 6.45) is 0.668. The Bertz CT molecular complexity index is 745. The second kappa shape index (κ2) is 5.22. The van der Waals surface area contributed by atoms with E-state index in [4.69, 9.17) is 16.3 Å². The van der Waals surface area contributed by atoms with Crippen molar-refractivity contribution < 1.29 is 13.2 Å². The van der Waals surface area contributed by atoms with E-state index in [2.05, 4.69) is 4.98 Å². The van der Waals surface area contributed by atoms with Crippen LogP contribution in [0.25, 0.3) is 10.9 Å². The first-order chi connectivity index (χ1) is 9.53. The number of para-hydroxylation sites is 1. The summed E-state index contributed by atoms with van der Waals surface area (Å²) in [5, 5.41) is 1.36. The predicted molar refractivity (Wildman–Crippen MR) is 79.0 cm³/mol. The Kier molecular flexibility index (Phi) is 3.56. The van der Waals surface area contributed by atoms with Crippen LogP contribution in [0.2, 0.25) is 5.15 Å². The molecule has 0 aliphatic carbocycles. The number of ether oxygens (including phenoxy) is 1. The Balaban J connectivity index is 1.79. The third-order valence-electron chi connectivity index (χ3n) is 3.45. The fraction of sp³-hybridized carbons (Fsp3) is 0.357. The molecule has 2 aromatic rings. The molecule has 1 unspecified atom stereocenters. The average Bonchev–Trinajstić information content (AvgIpc) is 2.76. The largest absolute Gasteiger partial charge is 0.491 e. The number of pyridine rings is 1. The van der Waals surface area contributed by atoms with Gasteiger partial charge in [0.05, 0.1) is 18.1 Å². The summed E-state index contributed by atoms with van der Waals surface area (Å²) in [6, 6.07) is 9.27. The van der Waals surface area contributed by atoms with Crippen LogP contribution in [-0.4, -0.2) is 31.5 Å². The Morgan fingerprint density at radius 3 is 2.90 bits per heavy atom. The number of rotatable bonds is 3. The molecule has 3 rings (SSSR count). The molecule has 6 heteroatoms. The SMILES string of the molecule is O=S1(=O)CCC(COc2cccc3ccc(Cl)nc23)C1. The van der Waals surface area contributed by atoms with Crippen LogP contribution in [0.4, 0.5) is 0 Å². The third-order valence-corrected chi connectivity index (χ3v) is 5.50. The lowest BCUT2D eigenvalue weighted by Crippen LogP contribution is -2.13. The van der Waals surface area contributed by atoms with E-state index in [9.17, 15) is 8.42 Å². The highest BCUT2D eigenvalue weighted by atomic mass is 35.5. The maximum Gasteiger partial charge on any atom is 0.150 e. The predicted octanol–water partition coefficient (Wildman–Crippen LogP) is 2.70. The van der Waals surface area contributed by atoms with Crippen molar-refractivity contribution in [3.63, 3.8) is 0 Å². The third kappa shape index (κ3) is 2.88. The first-order valence-corrected chi connectivity index (χ1v) is 8.62. The zero-order valence-corrected chi connectivity index (χ0v) is 12.3. The van der Waals surface area contributed by atoms with Gasteiger partial charge < -0.3 is 4.74 Å². The molecule has 1 aromatic carbocycles. The number of aromatic nitrogens is 1. The average molecular weight is 312 g/mol. The number of hydrogen-bond acceptors (Lipinski definition) is 4. The van der Waals surface area contributed by atoms with E-state index in [-0.39, 0.29) is 17.4 Å². The first kappa shape index (κ1) is 13.6. The zero-order chi connectivity index (χ0) is 14.2. The lowest BCUT2D eigenvalue weighted by atomic mass is 10.1. The molecule has 0 radical (unpaired) electrons. The van der Waals surface area contributed by atoms with Gasteiger partial charge in [-0.3, -0.25) is 0 Å². The van der Waals surface area contributed by atoms with Crippen molar-refractivity contribution in [1.82, 2.24) is 4.98 Å². The van der Waals surface area contributed by atoms with Gasteiger partial charge in [-0.2, -0.15) is 0 Å². The number of hydrogen-bond donors (Lipinski definition) is 0. The summed E-state index contributed by atoms with van der Waals surface area (Å²) in [5.74, 6) is 1.19. The highest BCUT2D eigenvalue weighted by Crippen LogP contribution is 2.27. The number of benzene rings is 1. The maximum atomic E-state index is 11.4. The van der Waals surface area contributed by atoms with Gasteiger partial charge in [-0.05, 0) is 24.6 Å². The molecular weight excluding hydrogens is 298 g/mol. The van der Waals surface area contributed by atoms with Crippen LogP contribution in [0.1, 0.15) is 6.42 Å². The standard InChI is InChI=1S/C14H14ClNO3S/c15-13-5-4-11-2-1-3-12(14(11)16-13)19-8-10-6-7-20(17,18)9-10/h1-5,10H,6-9H2. The van der Waals surface area contributed by atoms with Gasteiger partial charge in [0.25, 0.3) is 0 Å². The van der Waals surface area contributed by atoms with Crippen LogP contribution in [0.3, 0.4) is 0 Å². The summed E-state index contributed by atoms with van der Waals surface area (Å²) >= 11 is 5.91. The van der Waals surface area contributed by atoms with Gasteiger partial charge in [0.1, 0.15) is 16.4 Å². The lowest BCUT2D eigenvalue weighted by Gasteiger charge is -2.12. The molecule has 1 saturated heterocycles. The zero-order valence-electron chi connectivity index (χ0n) is 10.8. The van der Waals surface area contributed by atoms with E-state index in [0.29, 0.717) is 29.4 Å². The molecule has 20 heavy (non-hydrogen) atoms. The smallest absolute Gasteiger partial charge is 0.150 e. The van der Waals surface area contributed by atoms with E-state index < -0.39 is 9.84 Å². The van der Waals surface area contributed by atoms with Crippen molar-refractivity contribution >= 4 is 32.3 Å². The van der Waals surface area contributed by atoms with Gasteiger partial charge >= 0.3 is 0 Å². The van der Waals surface area contributed by atoms with Crippen LogP contribution < -0.4 is 4.74 Å². The van der Waals surface area contributed by atoms with Crippen molar-refractivity contribution in [1.29, 1.82) is 0 Å². The van der Waals surface area contributed by atoms with Crippen LogP contribution in [0.5, 0.6) is 5.75 Å². The van der Waals surface area contributed by atoms with Gasteiger partial charge in [0.15, 0.2) is 9.84 Å². The number of fused-ring (bicyclic) bond motifs is 1. The van der Waals surface area contributed by atoms with Gasteiger partial charge in [-0.1, -0.05) is 23.7 Å². The van der Waals surface area contributed by atoms with Crippen LogP contribution >= 0.6 is 11.6 Å². The quantitative estimate of drug-likeness (QED) is 0.818. The van der Waals surface area contributed by atoms with Gasteiger partial charge in [0, 0.05) is 11.3 Å². The topological polar surface area (TPSA) is 56.3 Å². The van der Waals surface area contributed by atoms with Crippen molar-refractivity contribution in [2.75, 3.05) is 18.1 Å². The maximum absolute atomic E-state index is 11.4. The normalized spacial score (nSPS) is 21.1. The molecule has 0 amide bonds. The fourth-order valence-corrected chi connectivity index (χ4v) is 4.41. The van der Waals surface area contributed by atoms with Gasteiger partial charge in [-0.25, -0.2) is 13.4 Å². The summed E-state index contributed by atoms with van der Waals surface area (Å²) in [5.41, 5.74) is 0.709. The molecule has 0 bridgehead atoms. The molecular formula is C14H14ClNO3S. The molecule has 0 N–H and O–H groups in total. The van der Waals surface area contributed by atoms with E-state index in [1.165, 1.54) is 0 Å². The second-order valence-electron chi connectivity index (χ2n) is 5.04. The van der Waals surface area contributed by atoms with E-state index in [1.54, 1.807) is 6.07 Å². The molecule has 1 aliphatic rings. The lowest BCUT2D eigenvalue weighted by molar-refractivity contribution is 0.266. The summed E-state index contributed by atoms with van der Waals surface area (Å²) < 4.78 is 28.6. The van der Waals surface area contributed by atoms with E-state index in [0.717, 1.165) is 5.39 Å². The Morgan fingerprint density at radius 2 is 2.15 bits per heavy atom. The first-order valence-electron chi connectivity index (χ1n) is 6.42. The Hall–Kier alpha value is -1.33. The molecule has 1 aliphatic heterocycles. The van der Waals surface area contributed by atoms with Crippen molar-refractivity contribution in [2.24, 2.45) is 5.92 Å². The van der Waals surface area contributed by atoms with Crippen LogP contribution in [-0.2, 0) is 9.84 Å². The molecule has 4 nitrogen and oxygen atoms in total. The molecule has 106 valence electrons.